The Morgan fingerprint density at radius 2 is 1.84 bits per heavy atom. The number of amides is 2. The fraction of sp³-hybridized carbons (Fsp3) is 0.263. The van der Waals surface area contributed by atoms with Crippen molar-refractivity contribution < 1.29 is 19.1 Å². The summed E-state index contributed by atoms with van der Waals surface area (Å²) in [6.45, 7) is 1.91. The third kappa shape index (κ3) is 5.39. The largest absolute Gasteiger partial charge is 0.396 e. The summed E-state index contributed by atoms with van der Waals surface area (Å²) in [5, 5.41) is 14.2. The number of aliphatic hydroxyl groups excluding tert-OH is 1. The SMILES string of the molecule is Cc1ccc(F)cc1NC(=O)C(=O)NCC(CCO)c1ccccc1. The summed E-state index contributed by atoms with van der Waals surface area (Å²) in [6, 6.07) is 13.4. The number of carbonyl (C=O) groups excluding carboxylic acids is 2. The highest BCUT2D eigenvalue weighted by molar-refractivity contribution is 6.39. The maximum absolute atomic E-state index is 13.2. The summed E-state index contributed by atoms with van der Waals surface area (Å²) >= 11 is 0. The molecule has 0 bridgehead atoms. The van der Waals surface area contributed by atoms with Crippen LogP contribution in [0, 0.1) is 12.7 Å². The van der Waals surface area contributed by atoms with Crippen LogP contribution in [0.15, 0.2) is 48.5 Å². The average Bonchev–Trinajstić information content (AvgIpc) is 2.62. The number of aryl methyl sites for hydroxylation is 1. The first-order valence-corrected chi connectivity index (χ1v) is 8.02. The number of halogens is 1. The summed E-state index contributed by atoms with van der Waals surface area (Å²) in [6.07, 6.45) is 0.467. The van der Waals surface area contributed by atoms with Gasteiger partial charge in [-0.1, -0.05) is 36.4 Å². The second-order valence-corrected chi connectivity index (χ2v) is 5.74. The molecule has 0 aromatic heterocycles. The number of carbonyl (C=O) groups is 2. The van der Waals surface area contributed by atoms with Gasteiger partial charge in [0, 0.05) is 24.8 Å². The van der Waals surface area contributed by atoms with Gasteiger partial charge in [-0.15, -0.1) is 0 Å². The highest BCUT2D eigenvalue weighted by atomic mass is 19.1. The van der Waals surface area contributed by atoms with Crippen molar-refractivity contribution >= 4 is 17.5 Å². The molecule has 2 amide bonds. The van der Waals surface area contributed by atoms with Crippen molar-refractivity contribution in [3.8, 4) is 0 Å². The number of hydrogen-bond donors (Lipinski definition) is 3. The van der Waals surface area contributed by atoms with Gasteiger partial charge in [0.25, 0.3) is 0 Å². The van der Waals surface area contributed by atoms with Crippen LogP contribution in [-0.4, -0.2) is 30.1 Å². The van der Waals surface area contributed by atoms with Crippen LogP contribution in [0.5, 0.6) is 0 Å². The van der Waals surface area contributed by atoms with Crippen molar-refractivity contribution in [2.24, 2.45) is 0 Å². The lowest BCUT2D eigenvalue weighted by molar-refractivity contribution is -0.136. The van der Waals surface area contributed by atoms with Crippen molar-refractivity contribution in [2.45, 2.75) is 19.3 Å². The second-order valence-electron chi connectivity index (χ2n) is 5.74. The molecular formula is C19H21FN2O3. The maximum atomic E-state index is 13.2. The molecule has 0 radical (unpaired) electrons. The van der Waals surface area contributed by atoms with Gasteiger partial charge < -0.3 is 15.7 Å². The van der Waals surface area contributed by atoms with E-state index in [0.717, 1.165) is 5.56 Å². The molecule has 0 aliphatic carbocycles. The van der Waals surface area contributed by atoms with E-state index in [9.17, 15) is 19.1 Å². The van der Waals surface area contributed by atoms with Crippen molar-refractivity contribution in [1.29, 1.82) is 0 Å². The number of hydrogen-bond acceptors (Lipinski definition) is 3. The highest BCUT2D eigenvalue weighted by Gasteiger charge is 2.18. The molecule has 0 heterocycles. The Labute approximate surface area is 145 Å². The summed E-state index contributed by atoms with van der Waals surface area (Å²) in [4.78, 5) is 24.0. The van der Waals surface area contributed by atoms with Gasteiger partial charge in [0.1, 0.15) is 5.82 Å². The molecule has 132 valence electrons. The van der Waals surface area contributed by atoms with E-state index >= 15 is 0 Å². The van der Waals surface area contributed by atoms with Crippen LogP contribution >= 0.6 is 0 Å². The van der Waals surface area contributed by atoms with Gasteiger partial charge >= 0.3 is 11.8 Å². The van der Waals surface area contributed by atoms with Gasteiger partial charge in [-0.3, -0.25) is 9.59 Å². The Morgan fingerprint density at radius 1 is 1.12 bits per heavy atom. The van der Waals surface area contributed by atoms with Crippen LogP contribution in [0.3, 0.4) is 0 Å². The van der Waals surface area contributed by atoms with Crippen molar-refractivity contribution in [1.82, 2.24) is 5.32 Å². The van der Waals surface area contributed by atoms with Crippen LogP contribution in [0.25, 0.3) is 0 Å². The van der Waals surface area contributed by atoms with Gasteiger partial charge in [-0.25, -0.2) is 4.39 Å². The maximum Gasteiger partial charge on any atom is 0.313 e. The second kappa shape index (κ2) is 8.94. The smallest absolute Gasteiger partial charge is 0.313 e. The predicted octanol–water partition coefficient (Wildman–Crippen LogP) is 2.36. The third-order valence-electron chi connectivity index (χ3n) is 3.91. The first kappa shape index (κ1) is 18.6. The zero-order valence-electron chi connectivity index (χ0n) is 14.0. The van der Waals surface area contributed by atoms with E-state index in [2.05, 4.69) is 10.6 Å². The minimum absolute atomic E-state index is 0.0237. The zero-order chi connectivity index (χ0) is 18.2. The van der Waals surface area contributed by atoms with Gasteiger partial charge in [-0.2, -0.15) is 0 Å². The third-order valence-corrected chi connectivity index (χ3v) is 3.91. The van der Waals surface area contributed by atoms with E-state index in [1.807, 2.05) is 30.3 Å². The van der Waals surface area contributed by atoms with E-state index < -0.39 is 17.6 Å². The number of benzene rings is 2. The molecule has 0 fully saturated rings. The number of anilines is 1. The summed E-state index contributed by atoms with van der Waals surface area (Å²) in [5.74, 6) is -2.25. The van der Waals surface area contributed by atoms with Crippen LogP contribution in [-0.2, 0) is 9.59 Å². The molecule has 25 heavy (non-hydrogen) atoms. The Morgan fingerprint density at radius 3 is 2.52 bits per heavy atom. The molecule has 1 atom stereocenters. The Balaban J connectivity index is 1.96. The summed E-state index contributed by atoms with van der Waals surface area (Å²) in [7, 11) is 0. The molecule has 2 rings (SSSR count). The van der Waals surface area contributed by atoms with E-state index in [1.165, 1.54) is 18.2 Å². The molecule has 2 aromatic carbocycles. The molecule has 0 saturated heterocycles. The first-order valence-electron chi connectivity index (χ1n) is 8.02. The van der Waals surface area contributed by atoms with E-state index in [-0.39, 0.29) is 24.8 Å². The molecule has 5 nitrogen and oxygen atoms in total. The topological polar surface area (TPSA) is 78.4 Å². The quantitative estimate of drug-likeness (QED) is 0.704. The molecule has 1 unspecified atom stereocenters. The van der Waals surface area contributed by atoms with Gasteiger partial charge in [0.05, 0.1) is 0 Å². The minimum Gasteiger partial charge on any atom is -0.396 e. The monoisotopic (exact) mass is 344 g/mol. The van der Waals surface area contributed by atoms with E-state index in [0.29, 0.717) is 12.0 Å². The van der Waals surface area contributed by atoms with Crippen LogP contribution in [0.2, 0.25) is 0 Å². The molecule has 0 aliphatic rings. The Kier molecular flexibility index (Phi) is 6.65. The van der Waals surface area contributed by atoms with Crippen LogP contribution in [0.1, 0.15) is 23.5 Å². The van der Waals surface area contributed by atoms with Gasteiger partial charge in [-0.05, 0) is 36.6 Å². The number of nitrogens with one attached hydrogen (secondary N) is 2. The van der Waals surface area contributed by atoms with Crippen molar-refractivity contribution in [3.05, 3.63) is 65.5 Å². The van der Waals surface area contributed by atoms with Crippen molar-refractivity contribution in [2.75, 3.05) is 18.5 Å². The lowest BCUT2D eigenvalue weighted by Crippen LogP contribution is -2.38. The number of rotatable bonds is 6. The minimum atomic E-state index is -0.857. The number of aliphatic hydroxyl groups is 1. The Bertz CT molecular complexity index is 735. The zero-order valence-corrected chi connectivity index (χ0v) is 14.0. The fourth-order valence-electron chi connectivity index (χ4n) is 2.47. The summed E-state index contributed by atoms with van der Waals surface area (Å²) in [5.41, 5.74) is 1.89. The van der Waals surface area contributed by atoms with Gasteiger partial charge in [0.2, 0.25) is 0 Å². The van der Waals surface area contributed by atoms with Crippen LogP contribution in [0.4, 0.5) is 10.1 Å². The molecule has 3 N–H and O–H groups in total. The molecule has 0 aliphatic heterocycles. The lowest BCUT2D eigenvalue weighted by Gasteiger charge is -2.17. The predicted molar refractivity (Wildman–Crippen MR) is 93.7 cm³/mol. The van der Waals surface area contributed by atoms with Crippen LogP contribution < -0.4 is 10.6 Å². The lowest BCUT2D eigenvalue weighted by atomic mass is 9.96. The standard InChI is InChI=1S/C19H21FN2O3/c1-13-7-8-16(20)11-17(13)22-19(25)18(24)21-12-15(9-10-23)14-5-3-2-4-6-14/h2-8,11,15,23H,9-10,12H2,1H3,(H,21,24)(H,22,25). The van der Waals surface area contributed by atoms with E-state index in [4.69, 9.17) is 0 Å². The molecule has 0 saturated carbocycles. The average molecular weight is 344 g/mol. The van der Waals surface area contributed by atoms with Crippen molar-refractivity contribution in [3.63, 3.8) is 0 Å². The van der Waals surface area contributed by atoms with Gasteiger partial charge in [0.15, 0.2) is 0 Å². The fourth-order valence-corrected chi connectivity index (χ4v) is 2.47. The molecule has 6 heteroatoms. The molecule has 0 spiro atoms. The summed E-state index contributed by atoms with van der Waals surface area (Å²) < 4.78 is 13.2. The molecule has 2 aromatic rings. The highest BCUT2D eigenvalue weighted by Crippen LogP contribution is 2.18. The Hall–Kier alpha value is -2.73. The first-order chi connectivity index (χ1) is 12.0. The van der Waals surface area contributed by atoms with E-state index in [1.54, 1.807) is 6.92 Å². The normalized spacial score (nSPS) is 11.6. The molecular weight excluding hydrogens is 323 g/mol.